The molecule has 2 aliphatic carbocycles. The largest absolute Gasteiger partial charge is 0.361 e. The van der Waals surface area contributed by atoms with Crippen molar-refractivity contribution >= 4 is 51.7 Å². The molecule has 3 heterocycles. The number of benzene rings is 1. The number of allylic oxidation sites excluding steroid dienone is 3. The number of halogens is 3. The number of carbonyl (C=O) groups is 3. The third-order valence-corrected chi connectivity index (χ3v) is 9.26. The van der Waals surface area contributed by atoms with Crippen molar-refractivity contribution < 1.29 is 23.2 Å². The number of hydrogen-bond donors (Lipinski definition) is 2. The lowest BCUT2D eigenvalue weighted by Crippen LogP contribution is -2.64. The minimum absolute atomic E-state index is 0.0472. The lowest BCUT2D eigenvalue weighted by molar-refractivity contribution is -0.134. The summed E-state index contributed by atoms with van der Waals surface area (Å²) >= 11 is 6.86. The fraction of sp³-hybridized carbons (Fsp3) is 0.344. The van der Waals surface area contributed by atoms with Gasteiger partial charge in [0.25, 0.3) is 11.8 Å². The van der Waals surface area contributed by atoms with E-state index < -0.39 is 59.5 Å². The standard InChI is InChI=1S/C32H29ClF2N6O3/c1-31(11-3-2-4-25(31)33)28(29(43)39-21-16-32(34,35)17-21)40(22-5-6-23-20(15-22)10-13-37-23)30(44)24-7-8-27(42)41(24)26-14-19(18-36)9-12-38-26/h2-6,9-15,21,24-25,28,37H,7-8,16-17H2,1H3,(H,39,43)/t24-,25?,28+,31?/m0/s1. The summed E-state index contributed by atoms with van der Waals surface area (Å²) in [5, 5.41) is 12.2. The number of nitrogens with one attached hydrogen (secondary N) is 2. The van der Waals surface area contributed by atoms with Crippen molar-refractivity contribution in [3.8, 4) is 6.07 Å². The van der Waals surface area contributed by atoms with Gasteiger partial charge in [-0.25, -0.2) is 13.8 Å². The quantitative estimate of drug-likeness (QED) is 0.362. The molecule has 3 aromatic rings. The SMILES string of the molecule is CC1([C@@H](C(=O)NC2CC(F)(F)C2)N(C(=O)[C@@H]2CCC(=O)N2c2cc(C#N)ccn2)c2ccc3[nH]ccc3c2)C=CC=CC1Cl. The lowest BCUT2D eigenvalue weighted by atomic mass is 9.74. The van der Waals surface area contributed by atoms with Crippen molar-refractivity contribution in [2.45, 2.75) is 62.0 Å². The summed E-state index contributed by atoms with van der Waals surface area (Å²) in [6.07, 6.45) is 9.24. The molecule has 44 heavy (non-hydrogen) atoms. The third-order valence-electron chi connectivity index (χ3n) is 8.64. The van der Waals surface area contributed by atoms with Crippen molar-refractivity contribution in [1.29, 1.82) is 5.26 Å². The molecule has 2 aromatic heterocycles. The lowest BCUT2D eigenvalue weighted by Gasteiger charge is -2.46. The Morgan fingerprint density at radius 1 is 1.23 bits per heavy atom. The van der Waals surface area contributed by atoms with E-state index in [1.807, 2.05) is 12.1 Å². The van der Waals surface area contributed by atoms with E-state index in [-0.39, 0.29) is 30.1 Å². The second-order valence-electron chi connectivity index (χ2n) is 11.7. The molecular formula is C32H29ClF2N6O3. The summed E-state index contributed by atoms with van der Waals surface area (Å²) in [6, 6.07) is 8.88. The van der Waals surface area contributed by atoms with Gasteiger partial charge in [0.1, 0.15) is 17.9 Å². The van der Waals surface area contributed by atoms with Gasteiger partial charge in [-0.2, -0.15) is 5.26 Å². The van der Waals surface area contributed by atoms with Gasteiger partial charge in [0.2, 0.25) is 11.8 Å². The number of alkyl halides is 3. The Kier molecular flexibility index (Phi) is 7.49. The van der Waals surface area contributed by atoms with E-state index in [2.05, 4.69) is 15.3 Å². The van der Waals surface area contributed by atoms with E-state index in [0.717, 1.165) is 10.9 Å². The summed E-state index contributed by atoms with van der Waals surface area (Å²) in [7, 11) is 0. The van der Waals surface area contributed by atoms with Gasteiger partial charge in [-0.1, -0.05) is 31.2 Å². The number of rotatable bonds is 7. The Bertz CT molecular complexity index is 1740. The molecule has 3 amide bonds. The van der Waals surface area contributed by atoms with E-state index >= 15 is 0 Å². The van der Waals surface area contributed by atoms with Gasteiger partial charge in [0.05, 0.1) is 17.0 Å². The van der Waals surface area contributed by atoms with Crippen LogP contribution in [0.3, 0.4) is 0 Å². The van der Waals surface area contributed by atoms with E-state index in [1.165, 1.54) is 28.1 Å². The maximum Gasteiger partial charge on any atom is 0.252 e. The number of fused-ring (bicyclic) bond motifs is 1. The summed E-state index contributed by atoms with van der Waals surface area (Å²) in [5.41, 5.74) is 0.257. The van der Waals surface area contributed by atoms with Crippen molar-refractivity contribution in [3.63, 3.8) is 0 Å². The van der Waals surface area contributed by atoms with Crippen molar-refractivity contribution in [2.75, 3.05) is 9.80 Å². The van der Waals surface area contributed by atoms with Crippen LogP contribution in [0.4, 0.5) is 20.3 Å². The monoisotopic (exact) mass is 618 g/mol. The van der Waals surface area contributed by atoms with Gasteiger partial charge in [-0.05, 0) is 42.8 Å². The minimum Gasteiger partial charge on any atom is -0.361 e. The van der Waals surface area contributed by atoms with Gasteiger partial charge in [-0.3, -0.25) is 24.2 Å². The Hall–Kier alpha value is -4.56. The summed E-state index contributed by atoms with van der Waals surface area (Å²) in [6.45, 7) is 1.74. The number of H-pyrrole nitrogens is 1. The average Bonchev–Trinajstić information content (AvgIpc) is 3.62. The second-order valence-corrected chi connectivity index (χ2v) is 12.1. The number of anilines is 2. The average molecular weight is 619 g/mol. The zero-order valence-electron chi connectivity index (χ0n) is 23.7. The number of hydrogen-bond acceptors (Lipinski definition) is 5. The molecule has 1 saturated carbocycles. The van der Waals surface area contributed by atoms with Gasteiger partial charge in [-0.15, -0.1) is 11.6 Å². The normalized spacial score (nSPS) is 25.0. The topological polar surface area (TPSA) is 122 Å². The summed E-state index contributed by atoms with van der Waals surface area (Å²) in [5.74, 6) is -4.29. The molecule has 12 heteroatoms. The van der Waals surface area contributed by atoms with Crippen LogP contribution >= 0.6 is 11.6 Å². The van der Waals surface area contributed by atoms with Crippen LogP contribution < -0.4 is 15.1 Å². The van der Waals surface area contributed by atoms with Gasteiger partial charge < -0.3 is 10.3 Å². The molecule has 1 saturated heterocycles. The van der Waals surface area contributed by atoms with Crippen LogP contribution in [0, 0.1) is 16.7 Å². The predicted octanol–water partition coefficient (Wildman–Crippen LogP) is 4.99. The number of aromatic amines is 1. The first-order valence-electron chi connectivity index (χ1n) is 14.3. The van der Waals surface area contributed by atoms with Crippen molar-refractivity contribution in [2.24, 2.45) is 5.41 Å². The smallest absolute Gasteiger partial charge is 0.252 e. The molecule has 1 aromatic carbocycles. The molecule has 4 atom stereocenters. The number of aromatic nitrogens is 2. The van der Waals surface area contributed by atoms with Crippen LogP contribution in [-0.4, -0.2) is 57.1 Å². The van der Waals surface area contributed by atoms with Crippen LogP contribution in [0.25, 0.3) is 10.9 Å². The summed E-state index contributed by atoms with van der Waals surface area (Å²) < 4.78 is 27.6. The first kappa shape index (κ1) is 29.5. The molecule has 9 nitrogen and oxygen atoms in total. The van der Waals surface area contributed by atoms with Crippen LogP contribution in [0.15, 0.2) is 73.1 Å². The van der Waals surface area contributed by atoms with E-state index in [0.29, 0.717) is 5.69 Å². The molecule has 0 radical (unpaired) electrons. The highest BCUT2D eigenvalue weighted by molar-refractivity contribution is 6.23. The molecule has 3 aliphatic rings. The highest BCUT2D eigenvalue weighted by atomic mass is 35.5. The predicted molar refractivity (Wildman–Crippen MR) is 161 cm³/mol. The van der Waals surface area contributed by atoms with Crippen LogP contribution in [0.1, 0.15) is 38.2 Å². The number of carbonyl (C=O) groups excluding carboxylic acids is 3. The molecule has 1 aliphatic heterocycles. The van der Waals surface area contributed by atoms with E-state index in [1.54, 1.807) is 55.6 Å². The molecule has 226 valence electrons. The first-order valence-corrected chi connectivity index (χ1v) is 14.7. The second kappa shape index (κ2) is 11.2. The Morgan fingerprint density at radius 2 is 2.02 bits per heavy atom. The fourth-order valence-corrected chi connectivity index (χ4v) is 6.54. The maximum atomic E-state index is 14.9. The highest BCUT2D eigenvalue weighted by Gasteiger charge is 2.53. The maximum absolute atomic E-state index is 14.9. The third kappa shape index (κ3) is 5.24. The number of nitrogens with zero attached hydrogens (tertiary/aromatic N) is 4. The van der Waals surface area contributed by atoms with Gasteiger partial charge in [0, 0.05) is 59.7 Å². The van der Waals surface area contributed by atoms with Crippen LogP contribution in [0.2, 0.25) is 0 Å². The number of nitriles is 1. The highest BCUT2D eigenvalue weighted by Crippen LogP contribution is 2.43. The number of pyridine rings is 1. The van der Waals surface area contributed by atoms with Gasteiger partial charge >= 0.3 is 0 Å². The number of amides is 3. The van der Waals surface area contributed by atoms with E-state index in [4.69, 9.17) is 11.6 Å². The minimum atomic E-state index is -2.87. The van der Waals surface area contributed by atoms with Crippen LogP contribution in [-0.2, 0) is 14.4 Å². The molecule has 6 rings (SSSR count). The molecule has 2 fully saturated rings. The van der Waals surface area contributed by atoms with Crippen LogP contribution in [0.5, 0.6) is 0 Å². The zero-order valence-corrected chi connectivity index (χ0v) is 24.5. The Morgan fingerprint density at radius 3 is 2.75 bits per heavy atom. The molecule has 0 spiro atoms. The van der Waals surface area contributed by atoms with Crippen molar-refractivity contribution in [3.05, 3.63) is 78.7 Å². The first-order chi connectivity index (χ1) is 21.0. The molecule has 2 N–H and O–H groups in total. The van der Waals surface area contributed by atoms with Crippen molar-refractivity contribution in [1.82, 2.24) is 15.3 Å². The zero-order chi connectivity index (χ0) is 31.2. The molecule has 0 bridgehead atoms. The Labute approximate surface area is 257 Å². The van der Waals surface area contributed by atoms with E-state index in [9.17, 15) is 28.4 Å². The molecular weight excluding hydrogens is 590 g/mol. The molecule has 2 unspecified atom stereocenters. The fourth-order valence-electron chi connectivity index (χ4n) is 6.27. The summed E-state index contributed by atoms with van der Waals surface area (Å²) in [4.78, 5) is 52.3. The Balaban J connectivity index is 1.48. The van der Waals surface area contributed by atoms with Gasteiger partial charge in [0.15, 0.2) is 0 Å².